The molecule has 1 N–H and O–H groups in total. The molecule has 5 aromatic rings. The molecule has 50 heavy (non-hydrogen) atoms. The minimum absolute atomic E-state index is 0.105. The Bertz CT molecular complexity index is 2000. The molecule has 12 heteroatoms. The van der Waals surface area contributed by atoms with Gasteiger partial charge in [0.15, 0.2) is 0 Å². The summed E-state index contributed by atoms with van der Waals surface area (Å²) in [5, 5.41) is 11.6. The molecule has 1 aliphatic heterocycles. The second-order valence-electron chi connectivity index (χ2n) is 13.0. The number of fused-ring (bicyclic) bond motifs is 1. The maximum atomic E-state index is 14.1. The third-order valence-corrected chi connectivity index (χ3v) is 11.0. The van der Waals surface area contributed by atoms with Gasteiger partial charge in [-0.05, 0) is 54.9 Å². The quantitative estimate of drug-likeness (QED) is 0.140. The van der Waals surface area contributed by atoms with Crippen LogP contribution < -0.4 is 14.2 Å². The fourth-order valence-corrected chi connectivity index (χ4v) is 7.76. The summed E-state index contributed by atoms with van der Waals surface area (Å²) in [5.74, 6) is -0.304. The van der Waals surface area contributed by atoms with E-state index in [4.69, 9.17) is 25.8 Å². The number of nitrogens with zero attached hydrogens (tertiary/aromatic N) is 4. The van der Waals surface area contributed by atoms with Gasteiger partial charge in [0.25, 0.3) is 0 Å². The molecule has 2 aromatic heterocycles. The SMILES string of the molecule is COc1ccccc1C(C)(C)C(Oc1ncnc2sc(-c3ccc(F)cc3)c(-c3ccc(OCCN4CCN(C)CC4)c(Cl)c3C)c12)C(=O)O. The summed E-state index contributed by atoms with van der Waals surface area (Å²) in [5.41, 5.74) is 2.60. The van der Waals surface area contributed by atoms with Crippen molar-refractivity contribution in [2.75, 3.05) is 53.5 Å². The highest BCUT2D eigenvalue weighted by Crippen LogP contribution is 2.50. The third kappa shape index (κ3) is 7.14. The molecule has 1 unspecified atom stereocenters. The van der Waals surface area contributed by atoms with Gasteiger partial charge in [0, 0.05) is 54.1 Å². The summed E-state index contributed by atoms with van der Waals surface area (Å²) < 4.78 is 32.3. The summed E-state index contributed by atoms with van der Waals surface area (Å²) >= 11 is 8.39. The number of piperazine rings is 1. The van der Waals surface area contributed by atoms with Crippen molar-refractivity contribution in [2.24, 2.45) is 0 Å². The van der Waals surface area contributed by atoms with Crippen LogP contribution in [-0.4, -0.2) is 90.4 Å². The molecule has 3 aromatic carbocycles. The Kier molecular flexibility index (Phi) is 10.6. The molecule has 0 saturated carbocycles. The van der Waals surface area contributed by atoms with Crippen LogP contribution in [0.15, 0.2) is 67.0 Å². The predicted octanol–water partition coefficient (Wildman–Crippen LogP) is 7.57. The summed E-state index contributed by atoms with van der Waals surface area (Å²) in [4.78, 5) is 28.1. The van der Waals surface area contributed by atoms with Crippen molar-refractivity contribution < 1.29 is 28.5 Å². The second-order valence-corrected chi connectivity index (χ2v) is 14.4. The fraction of sp³-hybridized carbons (Fsp3) is 0.342. The number of hydrogen-bond acceptors (Lipinski definition) is 9. The molecule has 1 atom stereocenters. The first kappa shape index (κ1) is 35.5. The molecule has 6 rings (SSSR count). The fourth-order valence-electron chi connectivity index (χ4n) is 6.39. The first-order valence-corrected chi connectivity index (χ1v) is 17.6. The van der Waals surface area contributed by atoms with E-state index in [1.165, 1.54) is 29.8 Å². The Morgan fingerprint density at radius 1 is 1.04 bits per heavy atom. The van der Waals surface area contributed by atoms with Crippen LogP contribution in [0.5, 0.6) is 17.4 Å². The number of para-hydroxylation sites is 1. The average molecular weight is 719 g/mol. The van der Waals surface area contributed by atoms with Crippen LogP contribution in [0, 0.1) is 12.7 Å². The van der Waals surface area contributed by atoms with Gasteiger partial charge in [-0.1, -0.05) is 61.8 Å². The van der Waals surface area contributed by atoms with E-state index in [9.17, 15) is 14.3 Å². The Balaban J connectivity index is 1.43. The van der Waals surface area contributed by atoms with Gasteiger partial charge in [0.05, 0.1) is 17.5 Å². The van der Waals surface area contributed by atoms with Gasteiger partial charge in [-0.2, -0.15) is 0 Å². The van der Waals surface area contributed by atoms with E-state index in [-0.39, 0.29) is 11.7 Å². The van der Waals surface area contributed by atoms with E-state index in [0.717, 1.165) is 54.3 Å². The minimum atomic E-state index is -1.36. The molecule has 0 amide bonds. The maximum absolute atomic E-state index is 14.1. The number of aliphatic carboxylic acids is 1. The standard InChI is InChI=1S/C38H40ClFN4O5S/c1-23-26(14-15-29(32(23)39)48-21-20-44-18-16-43(4)17-19-44)30-31-35(41-22-42-36(31)50-33(30)24-10-12-25(40)13-11-24)49-34(37(45)46)38(2,3)27-8-6-7-9-28(27)47-5/h6-15,22,34H,16-21H2,1-5H3,(H,45,46). The molecule has 1 saturated heterocycles. The number of benzene rings is 3. The van der Waals surface area contributed by atoms with Crippen molar-refractivity contribution in [3.8, 4) is 38.9 Å². The smallest absolute Gasteiger partial charge is 0.345 e. The number of carboxylic acids is 1. The summed E-state index contributed by atoms with van der Waals surface area (Å²) in [6.45, 7) is 10.8. The molecule has 9 nitrogen and oxygen atoms in total. The molecule has 3 heterocycles. The van der Waals surface area contributed by atoms with Crippen LogP contribution in [0.2, 0.25) is 5.02 Å². The van der Waals surface area contributed by atoms with Gasteiger partial charge in [0.2, 0.25) is 12.0 Å². The predicted molar refractivity (Wildman–Crippen MR) is 195 cm³/mol. The first-order chi connectivity index (χ1) is 24.0. The lowest BCUT2D eigenvalue weighted by molar-refractivity contribution is -0.148. The number of rotatable bonds is 12. The van der Waals surface area contributed by atoms with Crippen molar-refractivity contribution in [1.82, 2.24) is 19.8 Å². The van der Waals surface area contributed by atoms with E-state index < -0.39 is 17.5 Å². The Morgan fingerprint density at radius 3 is 2.46 bits per heavy atom. The van der Waals surface area contributed by atoms with Gasteiger partial charge in [-0.3, -0.25) is 4.90 Å². The number of hydrogen-bond donors (Lipinski definition) is 1. The second kappa shape index (κ2) is 14.9. The number of carbonyl (C=O) groups is 1. The molecular weight excluding hydrogens is 679 g/mol. The van der Waals surface area contributed by atoms with Crippen molar-refractivity contribution in [3.63, 3.8) is 0 Å². The van der Waals surface area contributed by atoms with Gasteiger partial charge in [-0.25, -0.2) is 19.2 Å². The lowest BCUT2D eigenvalue weighted by Gasteiger charge is -2.33. The Hall–Kier alpha value is -4.29. The zero-order valence-corrected chi connectivity index (χ0v) is 30.3. The summed E-state index contributed by atoms with van der Waals surface area (Å²) in [7, 11) is 3.68. The summed E-state index contributed by atoms with van der Waals surface area (Å²) in [6, 6.07) is 17.3. The zero-order chi connectivity index (χ0) is 35.6. The van der Waals surface area contributed by atoms with Crippen LogP contribution in [0.1, 0.15) is 25.0 Å². The van der Waals surface area contributed by atoms with Gasteiger partial charge < -0.3 is 24.2 Å². The Labute approximate surface area is 300 Å². The van der Waals surface area contributed by atoms with Crippen LogP contribution in [0.3, 0.4) is 0 Å². The number of carboxylic acid groups (broad SMARTS) is 1. The lowest BCUT2D eigenvalue weighted by Crippen LogP contribution is -2.45. The number of thiophene rings is 1. The molecule has 0 radical (unpaired) electrons. The normalized spacial score (nSPS) is 14.9. The van der Waals surface area contributed by atoms with Crippen LogP contribution >= 0.6 is 22.9 Å². The lowest BCUT2D eigenvalue weighted by atomic mass is 9.78. The number of halogens is 2. The molecule has 0 bridgehead atoms. The third-order valence-electron chi connectivity index (χ3n) is 9.35. The van der Waals surface area contributed by atoms with E-state index in [0.29, 0.717) is 44.5 Å². The molecule has 1 fully saturated rings. The van der Waals surface area contributed by atoms with Crippen LogP contribution in [0.25, 0.3) is 31.8 Å². The highest BCUT2D eigenvalue weighted by molar-refractivity contribution is 7.22. The van der Waals surface area contributed by atoms with Gasteiger partial charge >= 0.3 is 5.97 Å². The Morgan fingerprint density at radius 2 is 1.76 bits per heavy atom. The van der Waals surface area contributed by atoms with Crippen LogP contribution in [0.4, 0.5) is 4.39 Å². The number of aromatic nitrogens is 2. The molecule has 262 valence electrons. The minimum Gasteiger partial charge on any atom is -0.496 e. The van der Waals surface area contributed by atoms with E-state index in [1.807, 2.05) is 37.3 Å². The topological polar surface area (TPSA) is 97.3 Å². The monoisotopic (exact) mass is 718 g/mol. The van der Waals surface area contributed by atoms with Crippen molar-refractivity contribution in [3.05, 3.63) is 89.0 Å². The average Bonchev–Trinajstić information content (AvgIpc) is 3.50. The first-order valence-electron chi connectivity index (χ1n) is 16.4. The van der Waals surface area contributed by atoms with E-state index in [2.05, 4.69) is 26.8 Å². The number of ether oxygens (including phenoxy) is 3. The van der Waals surface area contributed by atoms with Crippen molar-refractivity contribution >= 4 is 39.1 Å². The van der Waals surface area contributed by atoms with Crippen molar-refractivity contribution in [1.29, 1.82) is 0 Å². The van der Waals surface area contributed by atoms with Crippen LogP contribution in [-0.2, 0) is 10.2 Å². The number of likely N-dealkylation sites (N-methyl/N-ethyl adjacent to an activating group) is 1. The van der Waals surface area contributed by atoms with Gasteiger partial charge in [0.1, 0.15) is 35.1 Å². The van der Waals surface area contributed by atoms with E-state index >= 15 is 0 Å². The maximum Gasteiger partial charge on any atom is 0.345 e. The zero-order valence-electron chi connectivity index (χ0n) is 28.7. The number of methoxy groups -OCH3 is 1. The highest BCUT2D eigenvalue weighted by Gasteiger charge is 2.42. The molecule has 0 aliphatic carbocycles. The van der Waals surface area contributed by atoms with E-state index in [1.54, 1.807) is 39.2 Å². The van der Waals surface area contributed by atoms with Crippen molar-refractivity contribution in [2.45, 2.75) is 32.3 Å². The molecule has 1 aliphatic rings. The largest absolute Gasteiger partial charge is 0.496 e. The molecule has 0 spiro atoms. The van der Waals surface area contributed by atoms with Gasteiger partial charge in [-0.15, -0.1) is 11.3 Å². The molecular formula is C38H40ClFN4O5S. The highest BCUT2D eigenvalue weighted by atomic mass is 35.5. The summed E-state index contributed by atoms with van der Waals surface area (Å²) in [6.07, 6.45) is -0.00174.